The van der Waals surface area contributed by atoms with Crippen molar-refractivity contribution in [3.8, 4) is 0 Å². The number of hydrogen-bond acceptors (Lipinski definition) is 23. The number of H-pyrrole nitrogens is 1. The number of aromatic amines is 1. The molecule has 1 aliphatic heterocycles. The number of anilines is 4. The van der Waals surface area contributed by atoms with Crippen LogP contribution < -0.4 is 74.9 Å². The summed E-state index contributed by atoms with van der Waals surface area (Å²) < 4.78 is 4.85. The molecule has 0 aliphatic carbocycles. The Labute approximate surface area is 485 Å². The number of carboxylic acid groups (broad SMARTS) is 5. The minimum absolute atomic E-state index is 0.0384. The second-order valence-electron chi connectivity index (χ2n) is 18.4. The zero-order chi connectivity index (χ0) is 62.8. The molecule has 1 aromatic carbocycles. The Morgan fingerprint density at radius 2 is 1.31 bits per heavy atom. The van der Waals surface area contributed by atoms with Crippen LogP contribution in [0.25, 0.3) is 0 Å². The van der Waals surface area contributed by atoms with Crippen molar-refractivity contribution in [2.75, 3.05) is 79.7 Å². The van der Waals surface area contributed by atoms with E-state index in [2.05, 4.69) is 57.7 Å². The molecule has 7 amide bonds. The first kappa shape index (κ1) is 69.1. The molecule has 0 saturated carbocycles. The highest BCUT2D eigenvalue weighted by Gasteiger charge is 2.36. The Hall–Kier alpha value is -9.13. The Bertz CT molecular complexity index is 2810. The van der Waals surface area contributed by atoms with Gasteiger partial charge in [0.2, 0.25) is 35.5 Å². The number of ether oxygens (including phenoxy) is 1. The average molecular weight is 1230 g/mol. The third-order valence-electron chi connectivity index (χ3n) is 11.9. The minimum Gasteiger partial charge on any atom is -0.481 e. The highest BCUT2D eigenvalue weighted by Crippen LogP contribution is 2.26. The lowest BCUT2D eigenvalue weighted by Crippen LogP contribution is -2.59. The number of nitrogens with one attached hydrogen (secondary N) is 10. The smallest absolute Gasteiger partial charge is 0.421 e. The molecule has 462 valence electrons. The van der Waals surface area contributed by atoms with E-state index in [4.69, 9.17) is 16.2 Å². The topological polar surface area (TPSA) is 540 Å². The summed E-state index contributed by atoms with van der Waals surface area (Å²) in [6.45, 7) is 2.11. The number of nitrogen functional groups attached to an aromatic ring is 1. The van der Waals surface area contributed by atoms with Gasteiger partial charge in [-0.1, -0.05) is 21.6 Å². The van der Waals surface area contributed by atoms with E-state index >= 15 is 0 Å². The predicted octanol–water partition coefficient (Wildman–Crippen LogP) is -3.99. The number of aromatic nitrogens is 2. The summed E-state index contributed by atoms with van der Waals surface area (Å²) in [5, 5.41) is 64.7. The number of carbonyl (C=O) groups excluding carboxylic acids is 7. The fraction of sp³-hybridized carbons (Fsp3) is 0.511. The maximum absolute atomic E-state index is 13.9. The number of hydrogen-bond donors (Lipinski definition) is 17. The lowest BCUT2D eigenvalue weighted by molar-refractivity contribution is -0.144. The van der Waals surface area contributed by atoms with Gasteiger partial charge in [-0.05, 0) is 50.5 Å². The number of nitrogens with zero attached hydrogens (tertiary/aromatic N) is 4. The molecule has 2 heterocycles. The second-order valence-corrected chi connectivity index (χ2v) is 21.0. The first-order valence-electron chi connectivity index (χ1n) is 25.3. The highest BCUT2D eigenvalue weighted by molar-refractivity contribution is 8.76. The van der Waals surface area contributed by atoms with Gasteiger partial charge < -0.3 is 88.8 Å². The zero-order valence-electron chi connectivity index (χ0n) is 45.8. The van der Waals surface area contributed by atoms with E-state index in [0.29, 0.717) is 30.3 Å². The predicted molar refractivity (Wildman–Crippen MR) is 302 cm³/mol. The number of nitrogens with two attached hydrogens (primary N) is 2. The van der Waals surface area contributed by atoms with E-state index in [1.165, 1.54) is 26.1 Å². The summed E-state index contributed by atoms with van der Waals surface area (Å²) in [6.07, 6.45) is -5.95. The molecule has 0 saturated heterocycles. The molecule has 0 radical (unpaired) electrons. The number of amidine groups is 1. The van der Waals surface area contributed by atoms with Gasteiger partial charge in [0.05, 0.1) is 31.1 Å². The van der Waals surface area contributed by atoms with Crippen molar-refractivity contribution in [3.63, 3.8) is 0 Å². The molecule has 2 aromatic rings. The Kier molecular flexibility index (Phi) is 28.3. The van der Waals surface area contributed by atoms with Gasteiger partial charge in [0.25, 0.3) is 11.5 Å². The molecule has 1 unspecified atom stereocenters. The van der Waals surface area contributed by atoms with Gasteiger partial charge in [-0.15, -0.1) is 0 Å². The number of hydrazine groups is 1. The highest BCUT2D eigenvalue weighted by atomic mass is 33.1. The maximum atomic E-state index is 13.9. The van der Waals surface area contributed by atoms with Gasteiger partial charge in [-0.25, -0.2) is 19.8 Å². The molecular weight excluding hydrogens is 1160 g/mol. The molecule has 19 N–H and O–H groups in total. The lowest BCUT2D eigenvalue weighted by Gasteiger charge is -2.37. The molecule has 35 nitrogen and oxygen atoms in total. The fourth-order valence-electron chi connectivity index (χ4n) is 7.70. The summed E-state index contributed by atoms with van der Waals surface area (Å²) in [5.41, 5.74) is 16.4. The van der Waals surface area contributed by atoms with E-state index in [1.807, 2.05) is 10.2 Å². The van der Waals surface area contributed by atoms with Crippen molar-refractivity contribution in [2.24, 2.45) is 10.7 Å². The fourth-order valence-corrected chi connectivity index (χ4v) is 9.68. The van der Waals surface area contributed by atoms with Gasteiger partial charge in [-0.3, -0.25) is 63.3 Å². The molecule has 84 heavy (non-hydrogen) atoms. The molecule has 1 aliphatic rings. The van der Waals surface area contributed by atoms with E-state index in [0.717, 1.165) is 21.6 Å². The quantitative estimate of drug-likeness (QED) is 0.0102. The van der Waals surface area contributed by atoms with Crippen LogP contribution in [0.4, 0.5) is 27.9 Å². The van der Waals surface area contributed by atoms with Crippen LogP contribution in [0, 0.1) is 0 Å². The van der Waals surface area contributed by atoms with Crippen LogP contribution in [0.5, 0.6) is 0 Å². The van der Waals surface area contributed by atoms with Crippen LogP contribution in [-0.2, 0) is 52.7 Å². The van der Waals surface area contributed by atoms with Crippen LogP contribution in [0.15, 0.2) is 34.1 Å². The number of carboxylic acids is 5. The molecule has 0 spiro atoms. The first-order valence-corrected chi connectivity index (χ1v) is 27.8. The molecule has 1 aromatic heterocycles. The van der Waals surface area contributed by atoms with E-state index in [9.17, 15) is 87.9 Å². The van der Waals surface area contributed by atoms with E-state index in [-0.39, 0.29) is 60.9 Å². The Balaban J connectivity index is 1.70. The monoisotopic (exact) mass is 1220 g/mol. The summed E-state index contributed by atoms with van der Waals surface area (Å²) in [6, 6.07) is -5.40. The number of amides is 7. The van der Waals surface area contributed by atoms with Crippen molar-refractivity contribution in [3.05, 3.63) is 40.2 Å². The first-order chi connectivity index (χ1) is 39.6. The van der Waals surface area contributed by atoms with Crippen molar-refractivity contribution >= 4 is 122 Å². The summed E-state index contributed by atoms with van der Waals surface area (Å²) in [4.78, 5) is 179. The normalized spacial score (nSPS) is 14.8. The van der Waals surface area contributed by atoms with Crippen LogP contribution in [0.1, 0.15) is 62.2 Å². The number of benzene rings is 1. The van der Waals surface area contributed by atoms with Gasteiger partial charge in [0.1, 0.15) is 48.5 Å². The number of rotatable bonds is 36. The molecule has 0 fully saturated rings. The van der Waals surface area contributed by atoms with Gasteiger partial charge in [0.15, 0.2) is 5.82 Å². The van der Waals surface area contributed by atoms with E-state index in [1.54, 1.807) is 31.1 Å². The minimum atomic E-state index is -2.12. The number of aliphatic carboxylic acids is 5. The summed E-state index contributed by atoms with van der Waals surface area (Å²) >= 11 is 0. The largest absolute Gasteiger partial charge is 0.481 e. The van der Waals surface area contributed by atoms with Crippen LogP contribution >= 0.6 is 21.6 Å². The number of aliphatic imine (C=N–C) groups is 1. The number of likely N-dealkylation sites (N-methyl/N-ethyl adjacent to an activating group) is 2. The third-order valence-corrected chi connectivity index (χ3v) is 14.3. The second kappa shape index (κ2) is 34.3. The third kappa shape index (κ3) is 23.8. The lowest BCUT2D eigenvalue weighted by atomic mass is 10.1. The molecule has 3 rings (SSSR count). The van der Waals surface area contributed by atoms with Crippen molar-refractivity contribution in [1.29, 1.82) is 0 Å². The molecule has 7 atom stereocenters. The SMILES string of the molecule is CNNC(=O)OCCSSC[C@H](NC(=O)[C@H](CC(=O)O)NC(=O)[C@H](CC(=O)O)NC(=O)[C@H](CCCN=C(C)N)NC(=O)[C@H](CC(=O)O)NC(=O)CC[C@H](NC(=O)c1ccc(N(C)CC2CNc3nc(N)[nH]c(=O)c3N2C)cc1)C(=O)O)C(=O)O. The van der Waals surface area contributed by atoms with Gasteiger partial charge in [-0.2, -0.15) is 4.98 Å². The summed E-state index contributed by atoms with van der Waals surface area (Å²) in [7, 11) is 6.92. The number of carbonyl (C=O) groups is 12. The van der Waals surface area contributed by atoms with Gasteiger partial charge >= 0.3 is 35.9 Å². The molecular formula is C47H68N16O19S2. The molecule has 0 bridgehead atoms. The standard InChI is InChI=1S/C47H68N16O19S2/c1-22(48)51-13-5-6-26(39(72)56-29(17-34(67)68)41(74)57-30(18-35(69)70)42(75)58-31(45(79)80)21-84-83-15-14-82-47(81)61-50-2)54-40(73)28(16-33(65)66)53-32(64)12-11-27(44(77)78)55-38(71)23-7-9-24(10-8-23)62(3)20-25-19-52-37-36(63(25)4)43(76)60-46(49)59-37/h7-10,25-31,50H,5-6,11-21H2,1-4H3,(H2,48,51)(H,53,64)(H,54,73)(H,55,71)(H,56,72)(H,57,74)(H,58,75)(H,61,81)(H,65,66)(H,67,68)(H,69,70)(H,77,78)(H,79,80)(H4,49,52,59,60,76)/t25?,26-,27-,28-,29-,30-,31-/m0/s1. The summed E-state index contributed by atoms with van der Waals surface area (Å²) in [5.74, 6) is -15.2. The zero-order valence-corrected chi connectivity index (χ0v) is 47.4. The average Bonchev–Trinajstić information content (AvgIpc) is 3.45. The van der Waals surface area contributed by atoms with Crippen LogP contribution in [-0.4, -0.2) is 214 Å². The van der Waals surface area contributed by atoms with Gasteiger partial charge in [0, 0.05) is 70.0 Å². The van der Waals surface area contributed by atoms with E-state index < -0.39 is 145 Å². The van der Waals surface area contributed by atoms with Crippen LogP contribution in [0.3, 0.4) is 0 Å². The maximum Gasteiger partial charge on any atom is 0.421 e. The Morgan fingerprint density at radius 1 is 0.774 bits per heavy atom. The van der Waals surface area contributed by atoms with Crippen molar-refractivity contribution < 1.29 is 87.8 Å². The molecule has 37 heteroatoms. The van der Waals surface area contributed by atoms with Crippen molar-refractivity contribution in [2.45, 2.75) is 94.2 Å². The number of fused-ring (bicyclic) bond motifs is 1. The van der Waals surface area contributed by atoms with Crippen LogP contribution in [0.2, 0.25) is 0 Å². The van der Waals surface area contributed by atoms with Crippen molar-refractivity contribution in [1.82, 2.24) is 52.7 Å². The Morgan fingerprint density at radius 3 is 1.85 bits per heavy atom.